The van der Waals surface area contributed by atoms with E-state index in [0.29, 0.717) is 33.0 Å². The van der Waals surface area contributed by atoms with Crippen LogP contribution in [0.4, 0.5) is 0 Å². The third kappa shape index (κ3) is 3.18. The number of hydrogen-bond donors (Lipinski definition) is 0. The first-order chi connectivity index (χ1) is 16.2. The van der Waals surface area contributed by atoms with Crippen LogP contribution in [0.5, 0.6) is 0 Å². The van der Waals surface area contributed by atoms with Gasteiger partial charge in [0.1, 0.15) is 7.85 Å². The van der Waals surface area contributed by atoms with Gasteiger partial charge < -0.3 is 4.74 Å². The van der Waals surface area contributed by atoms with Crippen LogP contribution in [0.2, 0.25) is 0 Å². The predicted octanol–water partition coefficient (Wildman–Crippen LogP) is 8.40. The third-order valence-electron chi connectivity index (χ3n) is 14.1. The Morgan fingerprint density at radius 1 is 1.06 bits per heavy atom. The van der Waals surface area contributed by atoms with Gasteiger partial charge >= 0.3 is 0 Å². The van der Waals surface area contributed by atoms with Crippen molar-refractivity contribution in [3.05, 3.63) is 0 Å². The molecule has 0 bridgehead atoms. The summed E-state index contributed by atoms with van der Waals surface area (Å²) in [5.74, 6) is 6.86. The molecule has 2 radical (unpaired) electrons. The van der Waals surface area contributed by atoms with Gasteiger partial charge in [0.2, 0.25) is 0 Å². The summed E-state index contributed by atoms with van der Waals surface area (Å²) in [6.07, 6.45) is 19.8. The van der Waals surface area contributed by atoms with E-state index in [1.165, 1.54) is 51.4 Å². The zero-order valence-corrected chi connectivity index (χ0v) is 24.3. The van der Waals surface area contributed by atoms with E-state index in [1.54, 1.807) is 0 Å². The van der Waals surface area contributed by atoms with Crippen LogP contribution in [0, 0.1) is 69.0 Å². The van der Waals surface area contributed by atoms with Gasteiger partial charge in [-0.3, -0.25) is 0 Å². The molecule has 2 heteroatoms. The zero-order valence-electron chi connectivity index (χ0n) is 24.3. The summed E-state index contributed by atoms with van der Waals surface area (Å²) >= 11 is 0. The fraction of sp³-hybridized carbons (Fsp3) is 0.939. The highest BCUT2D eigenvalue weighted by atomic mass is 16.5. The number of fused-ring (bicyclic) bond motifs is 4. The molecule has 194 valence electrons. The lowest BCUT2D eigenvalue weighted by Crippen LogP contribution is -2.63. The molecule has 10 unspecified atom stereocenters. The Labute approximate surface area is 219 Å². The molecule has 5 aliphatic carbocycles. The Hall–Kier alpha value is -0.415. The Kier molecular flexibility index (Phi) is 6.02. The minimum atomic E-state index is -0.229. The van der Waals surface area contributed by atoms with Gasteiger partial charge in [0, 0.05) is 12.4 Å². The first kappa shape index (κ1) is 26.2. The maximum absolute atomic E-state index is 6.71. The molecular weight excluding hydrogens is 423 g/mol. The van der Waals surface area contributed by atoms with Crippen LogP contribution in [0.15, 0.2) is 0 Å². The van der Waals surface area contributed by atoms with E-state index in [1.807, 2.05) is 6.92 Å². The van der Waals surface area contributed by atoms with Gasteiger partial charge in [0.05, 0.1) is 5.60 Å². The second-order valence-electron chi connectivity index (χ2n) is 15.6. The second-order valence-corrected chi connectivity index (χ2v) is 15.6. The molecule has 1 spiro atoms. The molecule has 0 N–H and O–H groups in total. The maximum Gasteiger partial charge on any atom is 0.108 e. The van der Waals surface area contributed by atoms with E-state index >= 15 is 0 Å². The highest BCUT2D eigenvalue weighted by Crippen LogP contribution is 2.90. The lowest BCUT2D eigenvalue weighted by Gasteiger charge is -2.69. The first-order valence-corrected chi connectivity index (χ1v) is 15.1. The van der Waals surface area contributed by atoms with Gasteiger partial charge in [0.25, 0.3) is 0 Å². The molecule has 0 aromatic carbocycles. The van der Waals surface area contributed by atoms with Gasteiger partial charge in [0.15, 0.2) is 0 Å². The van der Waals surface area contributed by atoms with Crippen molar-refractivity contribution in [1.29, 1.82) is 0 Å². The van der Waals surface area contributed by atoms with Crippen LogP contribution < -0.4 is 0 Å². The summed E-state index contributed by atoms with van der Waals surface area (Å²) in [5, 5.41) is 0. The molecule has 1 nitrogen and oxygen atoms in total. The minimum Gasteiger partial charge on any atom is -0.382 e. The molecule has 5 saturated carbocycles. The summed E-state index contributed by atoms with van der Waals surface area (Å²) in [6.45, 7) is 20.5. The average Bonchev–Trinajstić information content (AvgIpc) is 3.17. The Morgan fingerprint density at radius 2 is 1.77 bits per heavy atom. The lowest BCUT2D eigenvalue weighted by atomic mass is 9.35. The summed E-state index contributed by atoms with van der Waals surface area (Å²) in [4.78, 5) is 0. The molecular formula is C33H53BO. The smallest absolute Gasteiger partial charge is 0.108 e. The van der Waals surface area contributed by atoms with Gasteiger partial charge in [-0.1, -0.05) is 48.0 Å². The van der Waals surface area contributed by atoms with Crippen molar-refractivity contribution in [3.8, 4) is 12.3 Å². The fourth-order valence-electron chi connectivity index (χ4n) is 12.8. The Morgan fingerprint density at radius 3 is 2.43 bits per heavy atom. The van der Waals surface area contributed by atoms with Crippen molar-refractivity contribution in [1.82, 2.24) is 0 Å². The number of ether oxygens (including phenoxy) is 1. The topological polar surface area (TPSA) is 9.23 Å². The third-order valence-corrected chi connectivity index (χ3v) is 14.1. The number of unbranched alkanes of at least 4 members (excludes halogenated alkanes) is 1. The lowest BCUT2D eigenvalue weighted by molar-refractivity contribution is -0.217. The standard InChI is InChI=1S/C33H53BO/c1-10-11-12-18-31(8,35-23(3)34)26-15-20-32(9)30(7)19-14-25-28(4,5)16-13-17-29(25,6)27(30)21-24-22(2)33(24,26)32/h1,22-27H,11-21H2,2-9H3/t22?,23?,24?,25?,26?,27?,29?,30?,31?,32-,33?/m0/s1. The highest BCUT2D eigenvalue weighted by Gasteiger charge is 2.85. The van der Waals surface area contributed by atoms with Gasteiger partial charge in [-0.15, -0.1) is 12.3 Å². The van der Waals surface area contributed by atoms with Crippen LogP contribution in [0.3, 0.4) is 0 Å². The second kappa shape index (κ2) is 8.04. The van der Waals surface area contributed by atoms with E-state index in [2.05, 4.69) is 54.4 Å². The first-order valence-electron chi connectivity index (χ1n) is 15.1. The van der Waals surface area contributed by atoms with Crippen molar-refractivity contribution in [2.75, 3.05) is 0 Å². The molecule has 0 amide bonds. The largest absolute Gasteiger partial charge is 0.382 e. The molecule has 0 heterocycles. The molecule has 0 aromatic heterocycles. The maximum atomic E-state index is 6.71. The van der Waals surface area contributed by atoms with Crippen LogP contribution in [0.25, 0.3) is 0 Å². The molecule has 0 aromatic rings. The summed E-state index contributed by atoms with van der Waals surface area (Å²) < 4.78 is 6.71. The monoisotopic (exact) mass is 476 g/mol. The number of rotatable bonds is 6. The Balaban J connectivity index is 1.55. The summed E-state index contributed by atoms with van der Waals surface area (Å²) in [7, 11) is 6.33. The van der Waals surface area contributed by atoms with E-state index in [0.717, 1.165) is 42.9 Å². The van der Waals surface area contributed by atoms with Crippen molar-refractivity contribution in [2.24, 2.45) is 56.7 Å². The van der Waals surface area contributed by atoms with Crippen LogP contribution in [0.1, 0.15) is 126 Å². The molecule has 11 atom stereocenters. The average molecular weight is 477 g/mol. The van der Waals surface area contributed by atoms with E-state index in [-0.39, 0.29) is 11.6 Å². The van der Waals surface area contributed by atoms with Gasteiger partial charge in [-0.05, 0) is 128 Å². The SMILES string of the molecule is [B]C(C)OC(C)(CCCC#C)C1CC[C@@]2(C)C3(C)CCC4C(C)(C)CCCC4(C)C3CC3C(C)C312. The van der Waals surface area contributed by atoms with Crippen molar-refractivity contribution in [2.45, 2.75) is 138 Å². The molecule has 5 rings (SSSR count). The fourth-order valence-corrected chi connectivity index (χ4v) is 12.8. The van der Waals surface area contributed by atoms with Crippen LogP contribution in [-0.2, 0) is 4.74 Å². The number of terminal acetylenes is 1. The van der Waals surface area contributed by atoms with E-state index in [4.69, 9.17) is 19.0 Å². The molecule has 5 aliphatic rings. The zero-order chi connectivity index (χ0) is 25.7. The quantitative estimate of drug-likeness (QED) is 0.212. The van der Waals surface area contributed by atoms with Crippen LogP contribution >= 0.6 is 0 Å². The van der Waals surface area contributed by atoms with Gasteiger partial charge in [-0.25, -0.2) is 0 Å². The Bertz CT molecular complexity index is 886. The van der Waals surface area contributed by atoms with E-state index < -0.39 is 0 Å². The molecule has 35 heavy (non-hydrogen) atoms. The number of hydrogen-bond acceptors (Lipinski definition) is 1. The van der Waals surface area contributed by atoms with Crippen LogP contribution in [-0.4, -0.2) is 19.5 Å². The van der Waals surface area contributed by atoms with Crippen molar-refractivity contribution < 1.29 is 4.74 Å². The van der Waals surface area contributed by atoms with Crippen molar-refractivity contribution in [3.63, 3.8) is 0 Å². The predicted molar refractivity (Wildman–Crippen MR) is 148 cm³/mol. The minimum absolute atomic E-state index is 0.178. The van der Waals surface area contributed by atoms with Crippen molar-refractivity contribution >= 4 is 7.85 Å². The summed E-state index contributed by atoms with van der Waals surface area (Å²) in [6, 6.07) is -0.229. The normalized spacial score (nSPS) is 52.1. The highest BCUT2D eigenvalue weighted by molar-refractivity contribution is 6.10. The van der Waals surface area contributed by atoms with Gasteiger partial charge in [-0.2, -0.15) is 0 Å². The van der Waals surface area contributed by atoms with E-state index in [9.17, 15) is 0 Å². The molecule has 0 saturated heterocycles. The molecule has 0 aliphatic heterocycles. The summed E-state index contributed by atoms with van der Waals surface area (Å²) in [5.41, 5.74) is 2.05. The molecule has 5 fully saturated rings.